The van der Waals surface area contributed by atoms with Crippen LogP contribution in [-0.2, 0) is 17.1 Å². The van der Waals surface area contributed by atoms with E-state index in [0.717, 1.165) is 0 Å². The minimum atomic E-state index is -3.85. The van der Waals surface area contributed by atoms with Gasteiger partial charge in [-0.15, -0.1) is 0 Å². The molecule has 1 heterocycles. The fourth-order valence-corrected chi connectivity index (χ4v) is 3.30. The molecule has 0 fully saturated rings. The van der Waals surface area contributed by atoms with E-state index in [9.17, 15) is 13.2 Å². The Morgan fingerprint density at radius 1 is 1.25 bits per heavy atom. The molecule has 2 aromatic rings. The van der Waals surface area contributed by atoms with Crippen molar-refractivity contribution in [3.63, 3.8) is 0 Å². The highest BCUT2D eigenvalue weighted by Crippen LogP contribution is 2.21. The summed E-state index contributed by atoms with van der Waals surface area (Å²) in [7, 11) is -2.31. The molecule has 0 saturated carbocycles. The summed E-state index contributed by atoms with van der Waals surface area (Å²) in [5.74, 6) is 0. The minimum Gasteiger partial charge on any atom is -0.317 e. The van der Waals surface area contributed by atoms with Gasteiger partial charge in [0.25, 0.3) is 15.6 Å². The Hall–Kier alpha value is -1.79. The van der Waals surface area contributed by atoms with Crippen LogP contribution in [0.1, 0.15) is 5.56 Å². The Morgan fingerprint density at radius 3 is 2.65 bits per heavy atom. The third-order valence-corrected chi connectivity index (χ3v) is 4.55. The molecular weight excluding hydrogens is 300 g/mol. The quantitative estimate of drug-likeness (QED) is 0.944. The van der Waals surface area contributed by atoms with Gasteiger partial charge in [-0.05, 0) is 36.8 Å². The summed E-state index contributed by atoms with van der Waals surface area (Å²) in [4.78, 5) is 11.9. The third kappa shape index (κ3) is 2.86. The van der Waals surface area contributed by atoms with Crippen molar-refractivity contribution in [2.24, 2.45) is 7.05 Å². The summed E-state index contributed by atoms with van der Waals surface area (Å²) in [6, 6.07) is 7.58. The van der Waals surface area contributed by atoms with Crippen molar-refractivity contribution in [1.82, 2.24) is 4.57 Å². The number of nitrogens with zero attached hydrogens (tertiary/aromatic N) is 1. The van der Waals surface area contributed by atoms with Gasteiger partial charge < -0.3 is 4.57 Å². The second-order valence-corrected chi connectivity index (χ2v) is 6.44. The van der Waals surface area contributed by atoms with Crippen molar-refractivity contribution >= 4 is 27.3 Å². The monoisotopic (exact) mass is 312 g/mol. The van der Waals surface area contributed by atoms with Crippen LogP contribution >= 0.6 is 11.6 Å². The normalized spacial score (nSPS) is 11.3. The first-order valence-electron chi connectivity index (χ1n) is 5.76. The molecule has 0 saturated heterocycles. The van der Waals surface area contributed by atoms with Crippen molar-refractivity contribution in [3.8, 4) is 0 Å². The molecule has 2 rings (SSSR count). The van der Waals surface area contributed by atoms with Crippen LogP contribution in [0.3, 0.4) is 0 Å². The highest BCUT2D eigenvalue weighted by atomic mass is 35.5. The lowest BCUT2D eigenvalue weighted by Crippen LogP contribution is -2.24. The van der Waals surface area contributed by atoms with E-state index < -0.39 is 15.6 Å². The lowest BCUT2D eigenvalue weighted by molar-refractivity contribution is 0.600. The smallest absolute Gasteiger partial charge is 0.274 e. The lowest BCUT2D eigenvalue weighted by atomic mass is 10.2. The Morgan fingerprint density at radius 2 is 1.95 bits per heavy atom. The Balaban J connectivity index is 2.49. The molecule has 0 unspecified atom stereocenters. The highest BCUT2D eigenvalue weighted by Gasteiger charge is 2.18. The van der Waals surface area contributed by atoms with Gasteiger partial charge in [0, 0.05) is 18.3 Å². The second kappa shape index (κ2) is 5.30. The highest BCUT2D eigenvalue weighted by molar-refractivity contribution is 7.92. The van der Waals surface area contributed by atoms with E-state index in [-0.39, 0.29) is 10.6 Å². The van der Waals surface area contributed by atoms with Gasteiger partial charge in [0.15, 0.2) is 0 Å². The van der Waals surface area contributed by atoms with Crippen LogP contribution in [0.25, 0.3) is 0 Å². The van der Waals surface area contributed by atoms with Crippen LogP contribution in [-0.4, -0.2) is 13.0 Å². The van der Waals surface area contributed by atoms with E-state index in [4.69, 9.17) is 11.6 Å². The van der Waals surface area contributed by atoms with Crippen LogP contribution in [0.2, 0.25) is 5.02 Å². The molecule has 106 valence electrons. The number of benzene rings is 1. The average Bonchev–Trinajstić information content (AvgIpc) is 2.37. The predicted octanol–water partition coefficient (Wildman–Crippen LogP) is 2.15. The molecule has 0 aliphatic rings. The molecule has 0 aliphatic heterocycles. The van der Waals surface area contributed by atoms with Crippen LogP contribution in [0.4, 0.5) is 5.69 Å². The number of sulfonamides is 1. The van der Waals surface area contributed by atoms with Gasteiger partial charge in [0.1, 0.15) is 5.69 Å². The fourth-order valence-electron chi connectivity index (χ4n) is 1.74. The maximum atomic E-state index is 12.3. The van der Waals surface area contributed by atoms with E-state index >= 15 is 0 Å². The zero-order valence-corrected chi connectivity index (χ0v) is 12.5. The Kier molecular flexibility index (Phi) is 3.87. The summed E-state index contributed by atoms with van der Waals surface area (Å²) >= 11 is 5.82. The van der Waals surface area contributed by atoms with Gasteiger partial charge in [-0.2, -0.15) is 0 Å². The first-order chi connectivity index (χ1) is 9.31. The standard InChI is InChI=1S/C13H13ClN2O3S/c1-9-5-6-10(14)8-12(9)20(18,19)15-11-4-3-7-16(2)13(11)17/h3-8,15H,1-2H3. The maximum Gasteiger partial charge on any atom is 0.274 e. The average molecular weight is 313 g/mol. The molecule has 0 radical (unpaired) electrons. The fraction of sp³-hybridized carbons (Fsp3) is 0.154. The van der Waals surface area contributed by atoms with E-state index in [1.165, 1.54) is 16.7 Å². The molecule has 0 aliphatic carbocycles. The molecule has 1 N–H and O–H groups in total. The van der Waals surface area contributed by atoms with E-state index in [1.54, 1.807) is 38.4 Å². The van der Waals surface area contributed by atoms with Gasteiger partial charge in [-0.25, -0.2) is 8.42 Å². The Labute approximate surface area is 121 Å². The zero-order chi connectivity index (χ0) is 14.9. The number of nitrogens with one attached hydrogen (secondary N) is 1. The maximum absolute atomic E-state index is 12.3. The zero-order valence-electron chi connectivity index (χ0n) is 10.9. The van der Waals surface area contributed by atoms with Crippen molar-refractivity contribution in [2.75, 3.05) is 4.72 Å². The van der Waals surface area contributed by atoms with Gasteiger partial charge in [0.05, 0.1) is 4.90 Å². The summed E-state index contributed by atoms with van der Waals surface area (Å²) < 4.78 is 28.2. The van der Waals surface area contributed by atoms with E-state index in [0.29, 0.717) is 10.6 Å². The van der Waals surface area contributed by atoms with Gasteiger partial charge in [-0.3, -0.25) is 9.52 Å². The predicted molar refractivity (Wildman–Crippen MR) is 78.7 cm³/mol. The molecule has 0 spiro atoms. The van der Waals surface area contributed by atoms with Crippen molar-refractivity contribution < 1.29 is 8.42 Å². The number of anilines is 1. The first kappa shape index (κ1) is 14.6. The molecule has 20 heavy (non-hydrogen) atoms. The number of aromatic nitrogens is 1. The number of hydrogen-bond acceptors (Lipinski definition) is 3. The molecule has 5 nitrogen and oxygen atoms in total. The van der Waals surface area contributed by atoms with Crippen molar-refractivity contribution in [2.45, 2.75) is 11.8 Å². The summed E-state index contributed by atoms with van der Waals surface area (Å²) in [6.45, 7) is 1.66. The first-order valence-corrected chi connectivity index (χ1v) is 7.62. The van der Waals surface area contributed by atoms with E-state index in [1.807, 2.05) is 0 Å². The number of pyridine rings is 1. The van der Waals surface area contributed by atoms with Crippen LogP contribution < -0.4 is 10.3 Å². The molecule has 7 heteroatoms. The summed E-state index contributed by atoms with van der Waals surface area (Å²) in [6.07, 6.45) is 1.55. The van der Waals surface area contributed by atoms with Gasteiger partial charge in [0.2, 0.25) is 0 Å². The summed E-state index contributed by atoms with van der Waals surface area (Å²) in [5, 5.41) is 0.317. The van der Waals surface area contributed by atoms with Crippen LogP contribution in [0, 0.1) is 6.92 Å². The van der Waals surface area contributed by atoms with Crippen molar-refractivity contribution in [3.05, 3.63) is 57.5 Å². The van der Waals surface area contributed by atoms with Crippen LogP contribution in [0.5, 0.6) is 0 Å². The lowest BCUT2D eigenvalue weighted by Gasteiger charge is -2.10. The number of halogens is 1. The topological polar surface area (TPSA) is 68.2 Å². The minimum absolute atomic E-state index is 0.00521. The summed E-state index contributed by atoms with van der Waals surface area (Å²) in [5.41, 5.74) is 0.125. The molecule has 0 amide bonds. The molecule has 1 aromatic heterocycles. The van der Waals surface area contributed by atoms with Gasteiger partial charge >= 0.3 is 0 Å². The molecule has 0 bridgehead atoms. The molecule has 1 aromatic carbocycles. The third-order valence-electron chi connectivity index (χ3n) is 2.81. The van der Waals surface area contributed by atoms with Crippen molar-refractivity contribution in [1.29, 1.82) is 0 Å². The van der Waals surface area contributed by atoms with Gasteiger partial charge in [-0.1, -0.05) is 17.7 Å². The number of rotatable bonds is 3. The Bertz CT molecular complexity index is 813. The SMILES string of the molecule is Cc1ccc(Cl)cc1S(=O)(=O)Nc1cccn(C)c1=O. The second-order valence-electron chi connectivity index (χ2n) is 4.35. The number of aryl methyl sites for hydroxylation is 2. The van der Waals surface area contributed by atoms with E-state index in [2.05, 4.69) is 4.72 Å². The molecule has 0 atom stereocenters. The van der Waals surface area contributed by atoms with Crippen LogP contribution in [0.15, 0.2) is 46.2 Å². The largest absolute Gasteiger partial charge is 0.317 e. The number of hydrogen-bond donors (Lipinski definition) is 1. The molecular formula is C13H13ClN2O3S.